The molecule has 1 N–H and O–H groups in total. The molecule has 1 heterocycles. The summed E-state index contributed by atoms with van der Waals surface area (Å²) in [5.74, 6) is 0.574. The highest BCUT2D eigenvalue weighted by Gasteiger charge is 2.13. The fraction of sp³-hybridized carbons (Fsp3) is 1.00. The standard InChI is InChI=1S/C9H21N3OS/c1-12(2)14(3,13)11-8-9-5-4-6-10-7-9/h9-10H,4-8H2,1-3H3. The Morgan fingerprint density at radius 3 is 2.79 bits per heavy atom. The van der Waals surface area contributed by atoms with E-state index in [0.29, 0.717) is 5.92 Å². The third kappa shape index (κ3) is 3.55. The van der Waals surface area contributed by atoms with E-state index < -0.39 is 9.92 Å². The Balaban J connectivity index is 2.48. The van der Waals surface area contributed by atoms with E-state index in [1.165, 1.54) is 12.8 Å². The monoisotopic (exact) mass is 219 g/mol. The number of nitrogens with one attached hydrogen (secondary N) is 1. The van der Waals surface area contributed by atoms with Gasteiger partial charge in [0.2, 0.25) is 0 Å². The first-order valence-corrected chi connectivity index (χ1v) is 6.96. The van der Waals surface area contributed by atoms with E-state index in [-0.39, 0.29) is 0 Å². The molecule has 5 heteroatoms. The molecule has 0 bridgehead atoms. The molecule has 0 aromatic carbocycles. The van der Waals surface area contributed by atoms with Crippen molar-refractivity contribution in [3.05, 3.63) is 0 Å². The predicted octanol–water partition coefficient (Wildman–Crippen LogP) is 0.560. The molecule has 1 aliphatic heterocycles. The summed E-state index contributed by atoms with van der Waals surface area (Å²) in [5, 5.41) is 3.33. The number of hydrogen-bond acceptors (Lipinski definition) is 3. The van der Waals surface area contributed by atoms with Gasteiger partial charge in [-0.15, -0.1) is 0 Å². The third-order valence-electron chi connectivity index (χ3n) is 2.65. The van der Waals surface area contributed by atoms with Gasteiger partial charge in [-0.3, -0.25) is 0 Å². The number of hydrogen-bond donors (Lipinski definition) is 1. The van der Waals surface area contributed by atoms with Gasteiger partial charge in [0.1, 0.15) is 9.92 Å². The second-order valence-electron chi connectivity index (χ2n) is 4.10. The van der Waals surface area contributed by atoms with Crippen molar-refractivity contribution in [3.8, 4) is 0 Å². The molecule has 0 saturated carbocycles. The van der Waals surface area contributed by atoms with Crippen LogP contribution in [0.1, 0.15) is 12.8 Å². The summed E-state index contributed by atoms with van der Waals surface area (Å²) in [6, 6.07) is 0. The van der Waals surface area contributed by atoms with E-state index in [1.807, 2.05) is 14.1 Å². The van der Waals surface area contributed by atoms with E-state index in [2.05, 4.69) is 9.68 Å². The number of piperidine rings is 1. The van der Waals surface area contributed by atoms with Gasteiger partial charge < -0.3 is 5.32 Å². The molecule has 1 aliphatic rings. The van der Waals surface area contributed by atoms with Crippen molar-refractivity contribution in [1.29, 1.82) is 0 Å². The lowest BCUT2D eigenvalue weighted by atomic mass is 10.0. The summed E-state index contributed by atoms with van der Waals surface area (Å²) < 4.78 is 17.9. The van der Waals surface area contributed by atoms with Gasteiger partial charge in [0.25, 0.3) is 0 Å². The van der Waals surface area contributed by atoms with Crippen LogP contribution < -0.4 is 5.32 Å². The van der Waals surface area contributed by atoms with Crippen LogP contribution in [0.2, 0.25) is 0 Å². The van der Waals surface area contributed by atoms with Crippen molar-refractivity contribution in [1.82, 2.24) is 9.62 Å². The molecule has 2 atom stereocenters. The highest BCUT2D eigenvalue weighted by Crippen LogP contribution is 2.11. The van der Waals surface area contributed by atoms with Crippen LogP contribution in [0, 0.1) is 5.92 Å². The van der Waals surface area contributed by atoms with Crippen LogP contribution in [-0.4, -0.2) is 48.5 Å². The first-order chi connectivity index (χ1) is 6.52. The maximum absolute atomic E-state index is 11.9. The van der Waals surface area contributed by atoms with E-state index in [1.54, 1.807) is 10.6 Å². The molecular formula is C9H21N3OS. The number of nitrogens with zero attached hydrogens (tertiary/aromatic N) is 2. The maximum Gasteiger partial charge on any atom is 0.106 e. The Morgan fingerprint density at radius 2 is 2.29 bits per heavy atom. The lowest BCUT2D eigenvalue weighted by Gasteiger charge is -2.21. The second-order valence-corrected chi connectivity index (χ2v) is 6.61. The lowest BCUT2D eigenvalue weighted by molar-refractivity contribution is 0.386. The van der Waals surface area contributed by atoms with Gasteiger partial charge >= 0.3 is 0 Å². The van der Waals surface area contributed by atoms with Gasteiger partial charge in [-0.05, 0) is 31.8 Å². The topological polar surface area (TPSA) is 44.7 Å². The zero-order valence-corrected chi connectivity index (χ0v) is 10.1. The number of rotatable bonds is 3. The average molecular weight is 219 g/mol. The smallest absolute Gasteiger partial charge is 0.106 e. The van der Waals surface area contributed by atoms with Gasteiger partial charge in [0.15, 0.2) is 0 Å². The van der Waals surface area contributed by atoms with E-state index >= 15 is 0 Å². The molecule has 2 unspecified atom stereocenters. The van der Waals surface area contributed by atoms with Crippen molar-refractivity contribution in [2.75, 3.05) is 40.0 Å². The summed E-state index contributed by atoms with van der Waals surface area (Å²) in [7, 11) is 1.50. The Labute approximate surface area is 87.4 Å². The summed E-state index contributed by atoms with van der Waals surface area (Å²) >= 11 is 0. The van der Waals surface area contributed by atoms with Crippen molar-refractivity contribution >= 4 is 9.92 Å². The summed E-state index contributed by atoms with van der Waals surface area (Å²) in [4.78, 5) is 0. The molecule has 1 rings (SSSR count). The van der Waals surface area contributed by atoms with Gasteiger partial charge in [0, 0.05) is 20.4 Å². The van der Waals surface area contributed by atoms with Crippen LogP contribution in [0.15, 0.2) is 4.36 Å². The van der Waals surface area contributed by atoms with Gasteiger partial charge in [-0.2, -0.15) is 0 Å². The molecule has 0 aromatic heterocycles. The molecule has 84 valence electrons. The van der Waals surface area contributed by atoms with Crippen molar-refractivity contribution in [2.24, 2.45) is 10.3 Å². The Kier molecular flexibility index (Phi) is 4.34. The highest BCUT2D eigenvalue weighted by atomic mass is 32.2. The summed E-state index contributed by atoms with van der Waals surface area (Å²) in [6.45, 7) is 2.86. The van der Waals surface area contributed by atoms with Crippen molar-refractivity contribution < 1.29 is 4.21 Å². The molecule has 0 aromatic rings. The van der Waals surface area contributed by atoms with E-state index in [9.17, 15) is 4.21 Å². The van der Waals surface area contributed by atoms with Crippen LogP contribution in [-0.2, 0) is 9.92 Å². The van der Waals surface area contributed by atoms with Crippen LogP contribution in [0.3, 0.4) is 0 Å². The molecule has 4 nitrogen and oxygen atoms in total. The fourth-order valence-corrected chi connectivity index (χ4v) is 2.16. The zero-order valence-electron chi connectivity index (χ0n) is 9.32. The average Bonchev–Trinajstić information content (AvgIpc) is 2.16. The van der Waals surface area contributed by atoms with Crippen LogP contribution in [0.5, 0.6) is 0 Å². The van der Waals surface area contributed by atoms with Gasteiger partial charge in [0.05, 0.1) is 6.54 Å². The van der Waals surface area contributed by atoms with E-state index in [0.717, 1.165) is 19.6 Å². The van der Waals surface area contributed by atoms with Crippen LogP contribution in [0.4, 0.5) is 0 Å². The minimum absolute atomic E-state index is 0.574. The van der Waals surface area contributed by atoms with Crippen LogP contribution in [0.25, 0.3) is 0 Å². The second kappa shape index (κ2) is 5.09. The fourth-order valence-electron chi connectivity index (χ4n) is 1.44. The minimum Gasteiger partial charge on any atom is -0.316 e. The lowest BCUT2D eigenvalue weighted by Crippen LogP contribution is -2.32. The molecule has 0 radical (unpaired) electrons. The molecule has 0 amide bonds. The molecule has 0 aliphatic carbocycles. The van der Waals surface area contributed by atoms with Crippen molar-refractivity contribution in [3.63, 3.8) is 0 Å². The predicted molar refractivity (Wildman–Crippen MR) is 60.6 cm³/mol. The zero-order chi connectivity index (χ0) is 10.6. The van der Waals surface area contributed by atoms with Crippen LogP contribution >= 0.6 is 0 Å². The highest BCUT2D eigenvalue weighted by molar-refractivity contribution is 7.90. The normalized spacial score (nSPS) is 27.3. The molecule has 0 spiro atoms. The summed E-state index contributed by atoms with van der Waals surface area (Å²) in [5.41, 5.74) is 0. The Bertz CT molecular complexity index is 276. The Morgan fingerprint density at radius 1 is 1.57 bits per heavy atom. The first-order valence-electron chi connectivity index (χ1n) is 5.08. The molecule has 1 fully saturated rings. The Hall–Kier alpha value is -0.130. The molecule has 1 saturated heterocycles. The SMILES string of the molecule is CN(C)S(C)(=O)=NCC1CCCNC1. The molecule has 14 heavy (non-hydrogen) atoms. The van der Waals surface area contributed by atoms with Gasteiger partial charge in [-0.1, -0.05) is 0 Å². The van der Waals surface area contributed by atoms with E-state index in [4.69, 9.17) is 0 Å². The third-order valence-corrected chi connectivity index (χ3v) is 4.63. The van der Waals surface area contributed by atoms with Gasteiger partial charge in [-0.25, -0.2) is 12.9 Å². The summed E-state index contributed by atoms with van der Waals surface area (Å²) in [6.07, 6.45) is 4.12. The molecular weight excluding hydrogens is 198 g/mol. The maximum atomic E-state index is 11.9. The largest absolute Gasteiger partial charge is 0.316 e. The van der Waals surface area contributed by atoms with Crippen molar-refractivity contribution in [2.45, 2.75) is 12.8 Å². The quantitative estimate of drug-likeness (QED) is 0.754. The first kappa shape index (κ1) is 11.9. The minimum atomic E-state index is -2.12.